The van der Waals surface area contributed by atoms with E-state index < -0.39 is 0 Å². The Kier molecular flexibility index (Phi) is 5.69. The first-order valence-corrected chi connectivity index (χ1v) is 10.9. The number of para-hydroxylation sites is 1. The monoisotopic (exact) mass is 397 g/mol. The number of rotatable bonds is 5. The number of hydrogen-bond donors (Lipinski definition) is 1. The number of carbonyl (C=O) groups is 1. The van der Waals surface area contributed by atoms with Gasteiger partial charge in [-0.1, -0.05) is 31.2 Å². The van der Waals surface area contributed by atoms with E-state index >= 15 is 0 Å². The highest BCUT2D eigenvalue weighted by Crippen LogP contribution is 2.38. The van der Waals surface area contributed by atoms with Crippen LogP contribution in [0.1, 0.15) is 36.0 Å². The normalized spacial score (nSPS) is 16.4. The molecule has 1 aliphatic rings. The maximum absolute atomic E-state index is 12.1. The minimum Gasteiger partial charge on any atom is -0.450 e. The van der Waals surface area contributed by atoms with Gasteiger partial charge in [-0.2, -0.15) is 0 Å². The Labute approximate surface area is 169 Å². The van der Waals surface area contributed by atoms with E-state index in [1.165, 1.54) is 27.0 Å². The number of thiophene rings is 1. The Bertz CT molecular complexity index is 927. The number of aryl methyl sites for hydroxylation is 1. The third kappa shape index (κ3) is 3.54. The number of fused-ring (bicyclic) bond motifs is 1. The highest BCUT2D eigenvalue weighted by molar-refractivity contribution is 7.10. The van der Waals surface area contributed by atoms with E-state index in [1.807, 2.05) is 11.8 Å². The lowest BCUT2D eigenvalue weighted by atomic mass is 9.98. The smallest absolute Gasteiger partial charge is 0.409 e. The number of amides is 1. The van der Waals surface area contributed by atoms with E-state index in [0.717, 1.165) is 19.5 Å². The number of nitrogens with zero attached hydrogens (tertiary/aromatic N) is 2. The van der Waals surface area contributed by atoms with Crippen LogP contribution < -0.4 is 0 Å². The van der Waals surface area contributed by atoms with Crippen LogP contribution in [0.25, 0.3) is 10.9 Å². The molecule has 1 aromatic carbocycles. The van der Waals surface area contributed by atoms with Crippen molar-refractivity contribution in [3.05, 3.63) is 57.9 Å². The predicted octanol–water partition coefficient (Wildman–Crippen LogP) is 4.66. The van der Waals surface area contributed by atoms with Gasteiger partial charge in [-0.25, -0.2) is 4.79 Å². The molecule has 1 fully saturated rings. The third-order valence-corrected chi connectivity index (χ3v) is 6.40. The van der Waals surface area contributed by atoms with E-state index in [2.05, 4.69) is 58.6 Å². The van der Waals surface area contributed by atoms with Crippen molar-refractivity contribution in [1.82, 2.24) is 14.8 Å². The van der Waals surface area contributed by atoms with Crippen molar-refractivity contribution in [3.8, 4) is 0 Å². The van der Waals surface area contributed by atoms with Crippen molar-refractivity contribution in [3.63, 3.8) is 0 Å². The predicted molar refractivity (Wildman–Crippen MR) is 114 cm³/mol. The second kappa shape index (κ2) is 8.37. The van der Waals surface area contributed by atoms with Gasteiger partial charge in [-0.15, -0.1) is 11.3 Å². The molecule has 0 saturated carbocycles. The molecule has 3 aromatic rings. The van der Waals surface area contributed by atoms with Gasteiger partial charge in [-0.05, 0) is 30.9 Å². The van der Waals surface area contributed by atoms with Gasteiger partial charge in [0, 0.05) is 53.2 Å². The molecule has 6 heteroatoms. The number of H-pyrrole nitrogens is 1. The molecule has 2 aromatic heterocycles. The lowest BCUT2D eigenvalue weighted by Gasteiger charge is -2.39. The molecule has 0 radical (unpaired) electrons. The minimum absolute atomic E-state index is 0.198. The summed E-state index contributed by atoms with van der Waals surface area (Å²) in [4.78, 5) is 21.4. The minimum atomic E-state index is -0.198. The highest BCUT2D eigenvalue weighted by atomic mass is 32.1. The number of hydrogen-bond acceptors (Lipinski definition) is 4. The average molecular weight is 398 g/mol. The summed E-state index contributed by atoms with van der Waals surface area (Å²) in [5.74, 6) is 0. The Hall–Kier alpha value is -2.31. The summed E-state index contributed by atoms with van der Waals surface area (Å²) in [5.41, 5.74) is 3.87. The Morgan fingerprint density at radius 1 is 1.14 bits per heavy atom. The summed E-state index contributed by atoms with van der Waals surface area (Å²) in [6.45, 7) is 7.55. The van der Waals surface area contributed by atoms with Crippen LogP contribution in [0.15, 0.2) is 41.8 Å². The maximum Gasteiger partial charge on any atom is 0.409 e. The fourth-order valence-corrected chi connectivity index (χ4v) is 5.01. The zero-order chi connectivity index (χ0) is 19.5. The second-order valence-electron chi connectivity index (χ2n) is 7.06. The standard InChI is InChI=1S/C22H27N3O2S/c1-3-17-20(16-8-5-6-9-18(16)23-17)21(19-10-7-15-28-19)24-11-13-25(14-12-24)22(26)27-4-2/h5-10,15,21,23H,3-4,11-14H2,1-2H3. The molecule has 1 N–H and O–H groups in total. The number of ether oxygens (including phenoxy) is 1. The fraction of sp³-hybridized carbons (Fsp3) is 0.409. The zero-order valence-corrected chi connectivity index (χ0v) is 17.3. The molecule has 1 amide bonds. The van der Waals surface area contributed by atoms with Crippen molar-refractivity contribution in [2.75, 3.05) is 32.8 Å². The van der Waals surface area contributed by atoms with Gasteiger partial charge in [0.1, 0.15) is 0 Å². The van der Waals surface area contributed by atoms with Crippen molar-refractivity contribution in [2.45, 2.75) is 26.3 Å². The van der Waals surface area contributed by atoms with Gasteiger partial charge in [0.15, 0.2) is 0 Å². The zero-order valence-electron chi connectivity index (χ0n) is 16.5. The van der Waals surface area contributed by atoms with E-state index in [4.69, 9.17) is 4.74 Å². The molecule has 1 atom stereocenters. The lowest BCUT2D eigenvalue weighted by molar-refractivity contribution is 0.0720. The molecule has 0 bridgehead atoms. The highest BCUT2D eigenvalue weighted by Gasteiger charge is 2.32. The second-order valence-corrected chi connectivity index (χ2v) is 8.04. The number of benzene rings is 1. The summed E-state index contributed by atoms with van der Waals surface area (Å²) in [7, 11) is 0. The van der Waals surface area contributed by atoms with Crippen LogP contribution in [0.4, 0.5) is 4.79 Å². The number of aromatic amines is 1. The van der Waals surface area contributed by atoms with Crippen molar-refractivity contribution >= 4 is 28.3 Å². The molecule has 1 saturated heterocycles. The molecular weight excluding hydrogens is 370 g/mol. The topological polar surface area (TPSA) is 48.6 Å². The Balaban J connectivity index is 1.68. The van der Waals surface area contributed by atoms with Gasteiger partial charge in [0.2, 0.25) is 0 Å². The first-order chi connectivity index (χ1) is 13.7. The number of carbonyl (C=O) groups excluding carboxylic acids is 1. The molecule has 1 unspecified atom stereocenters. The summed E-state index contributed by atoms with van der Waals surface area (Å²) < 4.78 is 5.18. The van der Waals surface area contributed by atoms with Crippen LogP contribution in [0.2, 0.25) is 0 Å². The number of piperazine rings is 1. The van der Waals surface area contributed by atoms with Crippen molar-refractivity contribution < 1.29 is 9.53 Å². The van der Waals surface area contributed by atoms with Gasteiger partial charge in [-0.3, -0.25) is 4.90 Å². The third-order valence-electron chi connectivity index (χ3n) is 5.47. The van der Waals surface area contributed by atoms with Crippen molar-refractivity contribution in [1.29, 1.82) is 0 Å². The number of nitrogens with one attached hydrogen (secondary N) is 1. The quantitative estimate of drug-likeness (QED) is 0.681. The first kappa shape index (κ1) is 19.0. The molecule has 5 nitrogen and oxygen atoms in total. The Morgan fingerprint density at radius 3 is 2.61 bits per heavy atom. The summed E-state index contributed by atoms with van der Waals surface area (Å²) in [6, 6.07) is 13.1. The summed E-state index contributed by atoms with van der Waals surface area (Å²) >= 11 is 1.81. The molecular formula is C22H27N3O2S. The fourth-order valence-electron chi connectivity index (χ4n) is 4.14. The molecule has 3 heterocycles. The van der Waals surface area contributed by atoms with Crippen LogP contribution in [-0.2, 0) is 11.2 Å². The van der Waals surface area contributed by atoms with Gasteiger partial charge in [0.05, 0.1) is 12.6 Å². The van der Waals surface area contributed by atoms with Crippen LogP contribution >= 0.6 is 11.3 Å². The summed E-state index contributed by atoms with van der Waals surface area (Å²) in [6.07, 6.45) is 0.769. The van der Waals surface area contributed by atoms with Gasteiger partial charge >= 0.3 is 6.09 Å². The molecule has 28 heavy (non-hydrogen) atoms. The molecule has 0 spiro atoms. The molecule has 0 aliphatic carbocycles. The lowest BCUT2D eigenvalue weighted by Crippen LogP contribution is -2.50. The van der Waals surface area contributed by atoms with E-state index in [1.54, 1.807) is 11.3 Å². The van der Waals surface area contributed by atoms with E-state index in [0.29, 0.717) is 19.7 Å². The molecule has 148 valence electrons. The van der Waals surface area contributed by atoms with E-state index in [-0.39, 0.29) is 12.1 Å². The first-order valence-electron chi connectivity index (χ1n) is 10.0. The Morgan fingerprint density at radius 2 is 1.93 bits per heavy atom. The average Bonchev–Trinajstić information content (AvgIpc) is 3.38. The van der Waals surface area contributed by atoms with Crippen LogP contribution in [0.5, 0.6) is 0 Å². The van der Waals surface area contributed by atoms with Crippen LogP contribution in [-0.4, -0.2) is 53.7 Å². The van der Waals surface area contributed by atoms with Crippen molar-refractivity contribution in [2.24, 2.45) is 0 Å². The molecule has 4 rings (SSSR count). The maximum atomic E-state index is 12.1. The van der Waals surface area contributed by atoms with Crippen LogP contribution in [0, 0.1) is 0 Å². The van der Waals surface area contributed by atoms with Gasteiger partial charge < -0.3 is 14.6 Å². The van der Waals surface area contributed by atoms with Crippen LogP contribution in [0.3, 0.4) is 0 Å². The van der Waals surface area contributed by atoms with Gasteiger partial charge in [0.25, 0.3) is 0 Å². The number of aromatic nitrogens is 1. The SMILES string of the molecule is CCOC(=O)N1CCN(C(c2cccs2)c2c(CC)[nH]c3ccccc23)CC1. The largest absolute Gasteiger partial charge is 0.450 e. The molecule has 1 aliphatic heterocycles. The van der Waals surface area contributed by atoms with E-state index in [9.17, 15) is 4.79 Å². The summed E-state index contributed by atoms with van der Waals surface area (Å²) in [5, 5.41) is 3.45.